The number of aliphatic hydroxyl groups excluding tert-OH is 1. The number of hydrogen-bond acceptors (Lipinski definition) is 6. The van der Waals surface area contributed by atoms with Crippen molar-refractivity contribution in [1.29, 1.82) is 5.41 Å². The minimum Gasteiger partial charge on any atom is -0.477 e. The molecule has 0 aromatic carbocycles. The Labute approximate surface area is 146 Å². The van der Waals surface area contributed by atoms with Crippen molar-refractivity contribution in [2.75, 3.05) is 18.5 Å². The number of aromatic nitrogens is 2. The minimum atomic E-state index is -0.426. The first kappa shape index (κ1) is 18.2. The molecule has 2 aromatic heterocycles. The maximum Gasteiger partial charge on any atom is 0.222 e. The normalized spacial score (nSPS) is 10.8. The van der Waals surface area contributed by atoms with E-state index >= 15 is 0 Å². The van der Waals surface area contributed by atoms with E-state index < -0.39 is 6.61 Å². The number of aliphatic hydroxyl groups is 1. The Hall–Kier alpha value is -2.18. The van der Waals surface area contributed by atoms with E-state index in [-0.39, 0.29) is 11.8 Å². The van der Waals surface area contributed by atoms with Gasteiger partial charge >= 0.3 is 0 Å². The molecule has 0 bridgehead atoms. The lowest BCUT2D eigenvalue weighted by Gasteiger charge is -2.18. The molecule has 0 aliphatic heterocycles. The summed E-state index contributed by atoms with van der Waals surface area (Å²) in [6.45, 7) is 5.85. The molecule has 0 radical (unpaired) electrons. The highest BCUT2D eigenvalue weighted by atomic mass is 35.5. The van der Waals surface area contributed by atoms with Gasteiger partial charge in [-0.25, -0.2) is 9.97 Å². The van der Waals surface area contributed by atoms with Crippen LogP contribution < -0.4 is 10.1 Å². The van der Waals surface area contributed by atoms with Crippen molar-refractivity contribution in [2.24, 2.45) is 0 Å². The van der Waals surface area contributed by atoms with Gasteiger partial charge in [-0.3, -0.25) is 0 Å². The second-order valence-electron chi connectivity index (χ2n) is 5.44. The van der Waals surface area contributed by atoms with Gasteiger partial charge < -0.3 is 20.6 Å². The molecule has 24 heavy (non-hydrogen) atoms. The van der Waals surface area contributed by atoms with Gasteiger partial charge in [0.05, 0.1) is 40.9 Å². The minimum absolute atomic E-state index is 0.0104. The van der Waals surface area contributed by atoms with E-state index in [9.17, 15) is 5.11 Å². The van der Waals surface area contributed by atoms with E-state index in [4.69, 9.17) is 21.7 Å². The highest BCUT2D eigenvalue weighted by Crippen LogP contribution is 2.33. The fraction of sp³-hybridized carbons (Fsp3) is 0.353. The van der Waals surface area contributed by atoms with Crippen molar-refractivity contribution in [1.82, 2.24) is 9.97 Å². The van der Waals surface area contributed by atoms with Crippen molar-refractivity contribution in [3.05, 3.63) is 35.1 Å². The lowest BCUT2D eigenvalue weighted by Crippen LogP contribution is -2.17. The number of pyridine rings is 2. The molecule has 0 aliphatic carbocycles. The van der Waals surface area contributed by atoms with Gasteiger partial charge in [0, 0.05) is 12.2 Å². The molecule has 7 heteroatoms. The zero-order valence-electron chi connectivity index (χ0n) is 13.9. The van der Waals surface area contributed by atoms with Crippen LogP contribution in [0.1, 0.15) is 26.5 Å². The van der Waals surface area contributed by atoms with E-state index in [0.717, 1.165) is 0 Å². The lowest BCUT2D eigenvalue weighted by atomic mass is 10.1. The Balaban J connectivity index is 2.61. The number of hydrogen-bond donors (Lipinski definition) is 3. The maximum absolute atomic E-state index is 9.37. The highest BCUT2D eigenvalue weighted by Gasteiger charge is 2.18. The van der Waals surface area contributed by atoms with Crippen LogP contribution in [0.4, 0.5) is 5.69 Å². The number of nitrogens with one attached hydrogen (secondary N) is 2. The molecule has 0 atom stereocenters. The van der Waals surface area contributed by atoms with E-state index in [1.807, 2.05) is 26.8 Å². The van der Waals surface area contributed by atoms with Gasteiger partial charge in [0.25, 0.3) is 0 Å². The molecule has 0 saturated heterocycles. The average molecular weight is 349 g/mol. The second kappa shape index (κ2) is 8.08. The van der Waals surface area contributed by atoms with Gasteiger partial charge in [0.15, 0.2) is 0 Å². The molecule has 0 aliphatic rings. The third kappa shape index (κ3) is 4.01. The fourth-order valence-corrected chi connectivity index (χ4v) is 2.46. The zero-order chi connectivity index (χ0) is 17.7. The molecular weight excluding hydrogens is 328 g/mol. The van der Waals surface area contributed by atoms with E-state index in [2.05, 4.69) is 15.3 Å². The molecule has 128 valence electrons. The summed E-state index contributed by atoms with van der Waals surface area (Å²) in [5.41, 5.74) is 2.07. The first-order chi connectivity index (χ1) is 11.5. The number of ether oxygens (including phenoxy) is 1. The van der Waals surface area contributed by atoms with Gasteiger partial charge in [0.1, 0.15) is 5.69 Å². The number of rotatable bonds is 7. The van der Waals surface area contributed by atoms with Gasteiger partial charge in [-0.05, 0) is 39.0 Å². The summed E-state index contributed by atoms with van der Waals surface area (Å²) in [4.78, 5) is 8.73. The zero-order valence-corrected chi connectivity index (χ0v) is 14.7. The van der Waals surface area contributed by atoms with Crippen molar-refractivity contribution >= 4 is 23.0 Å². The van der Waals surface area contributed by atoms with Crippen LogP contribution in [0.5, 0.6) is 5.88 Å². The van der Waals surface area contributed by atoms with Gasteiger partial charge in [-0.2, -0.15) is 0 Å². The SMILES string of the molecule is CCOc1ncccc1-c1cc(Cl)c(NC(C)C)c(C(=N)CO)n1. The summed E-state index contributed by atoms with van der Waals surface area (Å²) < 4.78 is 5.54. The monoisotopic (exact) mass is 348 g/mol. The predicted molar refractivity (Wildman–Crippen MR) is 96.3 cm³/mol. The van der Waals surface area contributed by atoms with Crippen LogP contribution in [0.15, 0.2) is 24.4 Å². The summed E-state index contributed by atoms with van der Waals surface area (Å²) in [6, 6.07) is 5.43. The Bertz CT molecular complexity index is 735. The third-order valence-electron chi connectivity index (χ3n) is 3.18. The van der Waals surface area contributed by atoms with Crippen molar-refractivity contribution in [3.63, 3.8) is 0 Å². The van der Waals surface area contributed by atoms with Gasteiger partial charge in [-0.1, -0.05) is 11.6 Å². The molecule has 2 aromatic rings. The molecule has 2 heterocycles. The van der Waals surface area contributed by atoms with Crippen LogP contribution in [0, 0.1) is 5.41 Å². The smallest absolute Gasteiger partial charge is 0.222 e. The van der Waals surface area contributed by atoms with Gasteiger partial charge in [0.2, 0.25) is 5.88 Å². The molecule has 0 spiro atoms. The standard InChI is InChI=1S/C17H21ClN4O2/c1-4-24-17-11(6-5-7-20-17)14-8-12(18)15(21-10(2)3)16(22-14)13(19)9-23/h5-8,10,19,21,23H,4,9H2,1-3H3. The maximum atomic E-state index is 9.37. The summed E-state index contributed by atoms with van der Waals surface area (Å²) >= 11 is 6.42. The molecule has 0 unspecified atom stereocenters. The number of halogens is 1. The van der Waals surface area contributed by atoms with E-state index in [1.165, 1.54) is 0 Å². The quantitative estimate of drug-likeness (QED) is 0.667. The van der Waals surface area contributed by atoms with Crippen LogP contribution in [0.25, 0.3) is 11.3 Å². The molecule has 6 nitrogen and oxygen atoms in total. The molecule has 0 saturated carbocycles. The van der Waals surface area contributed by atoms with E-state index in [1.54, 1.807) is 18.3 Å². The van der Waals surface area contributed by atoms with Gasteiger partial charge in [-0.15, -0.1) is 0 Å². The highest BCUT2D eigenvalue weighted by molar-refractivity contribution is 6.34. The Morgan fingerprint density at radius 3 is 2.83 bits per heavy atom. The first-order valence-electron chi connectivity index (χ1n) is 7.71. The van der Waals surface area contributed by atoms with Crippen molar-refractivity contribution in [2.45, 2.75) is 26.8 Å². The van der Waals surface area contributed by atoms with Crippen LogP contribution in [-0.4, -0.2) is 40.0 Å². The van der Waals surface area contributed by atoms with Crippen LogP contribution in [0.2, 0.25) is 5.02 Å². The number of nitrogens with zero attached hydrogens (tertiary/aromatic N) is 2. The average Bonchev–Trinajstić information content (AvgIpc) is 2.56. The van der Waals surface area contributed by atoms with Crippen molar-refractivity contribution < 1.29 is 9.84 Å². The van der Waals surface area contributed by atoms with Crippen LogP contribution in [0.3, 0.4) is 0 Å². The summed E-state index contributed by atoms with van der Waals surface area (Å²) in [5.74, 6) is 0.453. The second-order valence-corrected chi connectivity index (χ2v) is 5.84. The summed E-state index contributed by atoms with van der Waals surface area (Å²) in [5, 5.41) is 21.0. The fourth-order valence-electron chi connectivity index (χ4n) is 2.21. The molecule has 0 amide bonds. The van der Waals surface area contributed by atoms with Crippen LogP contribution >= 0.6 is 11.6 Å². The Morgan fingerprint density at radius 1 is 1.46 bits per heavy atom. The Kier molecular flexibility index (Phi) is 6.11. The van der Waals surface area contributed by atoms with E-state index in [0.29, 0.717) is 40.1 Å². The summed E-state index contributed by atoms with van der Waals surface area (Å²) in [7, 11) is 0. The third-order valence-corrected chi connectivity index (χ3v) is 3.47. The molecule has 3 N–H and O–H groups in total. The summed E-state index contributed by atoms with van der Waals surface area (Å²) in [6.07, 6.45) is 1.64. The van der Waals surface area contributed by atoms with Crippen molar-refractivity contribution in [3.8, 4) is 17.1 Å². The molecule has 0 fully saturated rings. The molecule has 2 rings (SSSR count). The van der Waals surface area contributed by atoms with Crippen LogP contribution in [-0.2, 0) is 0 Å². The largest absolute Gasteiger partial charge is 0.477 e. The lowest BCUT2D eigenvalue weighted by molar-refractivity contribution is 0.328. The first-order valence-corrected chi connectivity index (χ1v) is 8.09. The molecular formula is C17H21ClN4O2. The number of anilines is 1. The predicted octanol–water partition coefficient (Wildman–Crippen LogP) is 3.38. The topological polar surface area (TPSA) is 91.1 Å². The Morgan fingerprint density at radius 2 is 2.21 bits per heavy atom.